The van der Waals surface area contributed by atoms with Crippen molar-refractivity contribution >= 4 is 5.82 Å². The van der Waals surface area contributed by atoms with E-state index in [-0.39, 0.29) is 18.6 Å². The molecule has 0 amide bonds. The van der Waals surface area contributed by atoms with Crippen molar-refractivity contribution in [1.29, 1.82) is 5.26 Å². The first-order valence-corrected chi connectivity index (χ1v) is 4.91. The number of nitrogens with one attached hydrogen (secondary N) is 1. The second-order valence-electron chi connectivity index (χ2n) is 3.69. The zero-order valence-corrected chi connectivity index (χ0v) is 8.94. The molecule has 1 heterocycles. The van der Waals surface area contributed by atoms with Crippen molar-refractivity contribution in [2.24, 2.45) is 5.92 Å². The molecule has 2 N–H and O–H groups in total. The average Bonchev–Trinajstić information content (AvgIpc) is 2.25. The molecule has 4 heteroatoms. The molecule has 1 rings (SSSR count). The molecule has 0 saturated carbocycles. The standard InChI is InChI=1S/C11H15N3O/c1-8(2)10(7-15)14-11-9(6-12)4-3-5-13-11/h3-5,8,10,15H,7H2,1-2H3,(H,13,14). The van der Waals surface area contributed by atoms with Gasteiger partial charge in [-0.1, -0.05) is 13.8 Å². The highest BCUT2D eigenvalue weighted by atomic mass is 16.3. The number of nitriles is 1. The highest BCUT2D eigenvalue weighted by Crippen LogP contribution is 2.14. The molecule has 0 aliphatic rings. The summed E-state index contributed by atoms with van der Waals surface area (Å²) in [5.74, 6) is 0.816. The van der Waals surface area contributed by atoms with Gasteiger partial charge in [0.05, 0.1) is 18.2 Å². The molecule has 1 aromatic rings. The Bertz CT molecular complexity index is 357. The molecule has 0 aromatic carbocycles. The van der Waals surface area contributed by atoms with Crippen LogP contribution in [0, 0.1) is 17.2 Å². The maximum absolute atomic E-state index is 9.15. The van der Waals surface area contributed by atoms with Crippen molar-refractivity contribution in [1.82, 2.24) is 4.98 Å². The SMILES string of the molecule is CC(C)C(CO)Nc1ncccc1C#N. The normalized spacial score (nSPS) is 12.2. The van der Waals surface area contributed by atoms with Crippen LogP contribution in [0.3, 0.4) is 0 Å². The van der Waals surface area contributed by atoms with Crippen molar-refractivity contribution in [2.45, 2.75) is 19.9 Å². The van der Waals surface area contributed by atoms with Crippen molar-refractivity contribution in [3.63, 3.8) is 0 Å². The lowest BCUT2D eigenvalue weighted by Crippen LogP contribution is -2.30. The van der Waals surface area contributed by atoms with Crippen LogP contribution in [0.15, 0.2) is 18.3 Å². The number of aliphatic hydroxyl groups excluding tert-OH is 1. The van der Waals surface area contributed by atoms with E-state index in [2.05, 4.69) is 16.4 Å². The van der Waals surface area contributed by atoms with E-state index in [4.69, 9.17) is 10.4 Å². The lowest BCUT2D eigenvalue weighted by Gasteiger charge is -2.20. The monoisotopic (exact) mass is 205 g/mol. The number of hydrogen-bond acceptors (Lipinski definition) is 4. The first-order valence-electron chi connectivity index (χ1n) is 4.91. The van der Waals surface area contributed by atoms with Crippen molar-refractivity contribution in [3.8, 4) is 6.07 Å². The van der Waals surface area contributed by atoms with Crippen molar-refractivity contribution < 1.29 is 5.11 Å². The molecule has 1 atom stereocenters. The van der Waals surface area contributed by atoms with Crippen LogP contribution in [-0.2, 0) is 0 Å². The fraction of sp³-hybridized carbons (Fsp3) is 0.455. The second-order valence-corrected chi connectivity index (χ2v) is 3.69. The Labute approximate surface area is 89.6 Å². The Kier molecular flexibility index (Phi) is 4.07. The molecule has 0 bridgehead atoms. The predicted octanol–water partition coefficient (Wildman–Crippen LogP) is 1.38. The topological polar surface area (TPSA) is 68.9 Å². The third-order valence-electron chi connectivity index (χ3n) is 2.25. The predicted molar refractivity (Wildman–Crippen MR) is 58.3 cm³/mol. The summed E-state index contributed by atoms with van der Waals surface area (Å²) in [5, 5.41) is 21.1. The summed E-state index contributed by atoms with van der Waals surface area (Å²) in [4.78, 5) is 4.07. The number of aliphatic hydroxyl groups is 1. The van der Waals surface area contributed by atoms with Gasteiger partial charge in [-0.25, -0.2) is 4.98 Å². The van der Waals surface area contributed by atoms with E-state index in [1.165, 1.54) is 0 Å². The van der Waals surface area contributed by atoms with Crippen LogP contribution in [0.25, 0.3) is 0 Å². The molecule has 80 valence electrons. The van der Waals surface area contributed by atoms with Gasteiger partial charge in [0.1, 0.15) is 11.9 Å². The first kappa shape index (κ1) is 11.5. The molecule has 1 unspecified atom stereocenters. The molecular weight excluding hydrogens is 190 g/mol. The summed E-state index contributed by atoms with van der Waals surface area (Å²) in [6.45, 7) is 4.03. The number of pyridine rings is 1. The van der Waals surface area contributed by atoms with E-state index in [9.17, 15) is 0 Å². The van der Waals surface area contributed by atoms with Gasteiger partial charge in [0.2, 0.25) is 0 Å². The lowest BCUT2D eigenvalue weighted by molar-refractivity contribution is 0.249. The molecule has 0 saturated heterocycles. The van der Waals surface area contributed by atoms with Gasteiger partial charge in [-0.15, -0.1) is 0 Å². The second kappa shape index (κ2) is 5.32. The lowest BCUT2D eigenvalue weighted by atomic mass is 10.1. The molecule has 0 fully saturated rings. The van der Waals surface area contributed by atoms with Gasteiger partial charge in [0, 0.05) is 6.20 Å². The van der Waals surface area contributed by atoms with E-state index in [1.807, 2.05) is 13.8 Å². The largest absolute Gasteiger partial charge is 0.394 e. The van der Waals surface area contributed by atoms with E-state index < -0.39 is 0 Å². The number of aromatic nitrogens is 1. The smallest absolute Gasteiger partial charge is 0.144 e. The van der Waals surface area contributed by atoms with Gasteiger partial charge in [-0.05, 0) is 18.1 Å². The molecule has 0 aliphatic carbocycles. The van der Waals surface area contributed by atoms with Crippen LogP contribution in [0.4, 0.5) is 5.82 Å². The van der Waals surface area contributed by atoms with Crippen LogP contribution in [0.1, 0.15) is 19.4 Å². The Balaban J connectivity index is 2.84. The van der Waals surface area contributed by atoms with E-state index in [1.54, 1.807) is 18.3 Å². The maximum Gasteiger partial charge on any atom is 0.144 e. The van der Waals surface area contributed by atoms with Gasteiger partial charge < -0.3 is 10.4 Å². The van der Waals surface area contributed by atoms with Gasteiger partial charge >= 0.3 is 0 Å². The van der Waals surface area contributed by atoms with Crippen LogP contribution in [0.2, 0.25) is 0 Å². The third-order valence-corrected chi connectivity index (χ3v) is 2.25. The summed E-state index contributed by atoms with van der Waals surface area (Å²) in [5.41, 5.74) is 0.497. The molecule has 0 radical (unpaired) electrons. The van der Waals surface area contributed by atoms with Crippen LogP contribution in [-0.4, -0.2) is 22.7 Å². The Morgan fingerprint density at radius 3 is 2.87 bits per heavy atom. The van der Waals surface area contributed by atoms with Gasteiger partial charge in [0.15, 0.2) is 0 Å². The van der Waals surface area contributed by atoms with Crippen molar-refractivity contribution in [3.05, 3.63) is 23.9 Å². The molecule has 4 nitrogen and oxygen atoms in total. The summed E-state index contributed by atoms with van der Waals surface area (Å²) < 4.78 is 0. The fourth-order valence-electron chi connectivity index (χ4n) is 1.21. The average molecular weight is 205 g/mol. The number of nitrogens with zero attached hydrogens (tertiary/aromatic N) is 2. The molecule has 0 spiro atoms. The van der Waals surface area contributed by atoms with E-state index >= 15 is 0 Å². The zero-order valence-electron chi connectivity index (χ0n) is 8.94. The number of hydrogen-bond donors (Lipinski definition) is 2. The highest BCUT2D eigenvalue weighted by molar-refractivity contribution is 5.51. The Hall–Kier alpha value is -1.60. The summed E-state index contributed by atoms with van der Waals surface area (Å²) in [7, 11) is 0. The third kappa shape index (κ3) is 2.93. The Morgan fingerprint density at radius 1 is 1.60 bits per heavy atom. The van der Waals surface area contributed by atoms with Gasteiger partial charge in [0.25, 0.3) is 0 Å². The quantitative estimate of drug-likeness (QED) is 0.779. The number of rotatable bonds is 4. The molecular formula is C11H15N3O. The Morgan fingerprint density at radius 2 is 2.33 bits per heavy atom. The summed E-state index contributed by atoms with van der Waals surface area (Å²) in [6.07, 6.45) is 1.62. The summed E-state index contributed by atoms with van der Waals surface area (Å²) in [6, 6.07) is 5.39. The minimum Gasteiger partial charge on any atom is -0.394 e. The maximum atomic E-state index is 9.15. The molecule has 1 aromatic heterocycles. The van der Waals surface area contributed by atoms with Crippen LogP contribution in [0.5, 0.6) is 0 Å². The molecule has 15 heavy (non-hydrogen) atoms. The number of anilines is 1. The minimum absolute atomic E-state index is 0.0269. The van der Waals surface area contributed by atoms with E-state index in [0.717, 1.165) is 0 Å². The van der Waals surface area contributed by atoms with Crippen molar-refractivity contribution in [2.75, 3.05) is 11.9 Å². The minimum atomic E-state index is -0.0769. The van der Waals surface area contributed by atoms with Gasteiger partial charge in [-0.2, -0.15) is 5.26 Å². The fourth-order valence-corrected chi connectivity index (χ4v) is 1.21. The highest BCUT2D eigenvalue weighted by Gasteiger charge is 2.13. The zero-order chi connectivity index (χ0) is 11.3. The molecule has 0 aliphatic heterocycles. The van der Waals surface area contributed by atoms with Crippen LogP contribution < -0.4 is 5.32 Å². The summed E-state index contributed by atoms with van der Waals surface area (Å²) >= 11 is 0. The van der Waals surface area contributed by atoms with E-state index in [0.29, 0.717) is 11.4 Å². The van der Waals surface area contributed by atoms with Crippen LogP contribution >= 0.6 is 0 Å². The first-order chi connectivity index (χ1) is 7.19. The van der Waals surface area contributed by atoms with Gasteiger partial charge in [-0.3, -0.25) is 0 Å².